The van der Waals surface area contributed by atoms with Crippen LogP contribution in [0, 0.1) is 29.1 Å². The highest BCUT2D eigenvalue weighted by atomic mass is 127. The zero-order valence-corrected chi connectivity index (χ0v) is 16.0. The van der Waals surface area contributed by atoms with Crippen molar-refractivity contribution in [3.63, 3.8) is 0 Å². The van der Waals surface area contributed by atoms with Gasteiger partial charge in [0.2, 0.25) is 4.77 Å². The summed E-state index contributed by atoms with van der Waals surface area (Å²) in [5.74, 6) is 0.734. The molecule has 3 aromatic rings. The van der Waals surface area contributed by atoms with Crippen LogP contribution in [0.15, 0.2) is 35.4 Å². The van der Waals surface area contributed by atoms with Crippen LogP contribution in [0.4, 0.5) is 0 Å². The number of H-pyrrole nitrogens is 1. The van der Waals surface area contributed by atoms with E-state index >= 15 is 0 Å². The van der Waals surface area contributed by atoms with Gasteiger partial charge in [0.15, 0.2) is 0 Å². The van der Waals surface area contributed by atoms with Crippen molar-refractivity contribution in [1.82, 2.24) is 19.4 Å². The molecule has 0 unspecified atom stereocenters. The zero-order valence-electron chi connectivity index (χ0n) is 13.0. The minimum Gasteiger partial charge on any atom is -0.318 e. The van der Waals surface area contributed by atoms with Gasteiger partial charge in [0.05, 0.1) is 6.21 Å². The molecule has 1 aromatic carbocycles. The zero-order chi connectivity index (χ0) is 16.6. The first-order valence-corrected chi connectivity index (χ1v) is 8.59. The Hall–Kier alpha value is -1.74. The van der Waals surface area contributed by atoms with Crippen LogP contribution in [0.1, 0.15) is 22.8 Å². The van der Waals surface area contributed by atoms with Gasteiger partial charge in [-0.05, 0) is 85.9 Å². The fourth-order valence-corrected chi connectivity index (χ4v) is 3.12. The van der Waals surface area contributed by atoms with Crippen LogP contribution < -0.4 is 0 Å². The molecule has 0 aliphatic carbocycles. The van der Waals surface area contributed by atoms with E-state index < -0.39 is 0 Å². The Bertz CT molecular complexity index is 931. The van der Waals surface area contributed by atoms with Gasteiger partial charge in [-0.1, -0.05) is 0 Å². The van der Waals surface area contributed by atoms with Crippen molar-refractivity contribution in [2.45, 2.75) is 20.8 Å². The number of aryl methyl sites for hydroxylation is 2. The van der Waals surface area contributed by atoms with Crippen molar-refractivity contribution in [2.75, 3.05) is 0 Å². The van der Waals surface area contributed by atoms with Gasteiger partial charge in [0, 0.05) is 26.2 Å². The number of hydrogen-bond acceptors (Lipinski definition) is 3. The van der Waals surface area contributed by atoms with E-state index in [4.69, 9.17) is 12.2 Å². The molecule has 7 heteroatoms. The van der Waals surface area contributed by atoms with E-state index in [9.17, 15) is 0 Å². The lowest BCUT2D eigenvalue weighted by Crippen LogP contribution is -2.00. The van der Waals surface area contributed by atoms with E-state index in [0.717, 1.165) is 28.5 Å². The third-order valence-electron chi connectivity index (χ3n) is 3.68. The predicted molar refractivity (Wildman–Crippen MR) is 103 cm³/mol. The van der Waals surface area contributed by atoms with E-state index in [1.165, 1.54) is 3.57 Å². The Morgan fingerprint density at radius 3 is 2.52 bits per heavy atom. The summed E-state index contributed by atoms with van der Waals surface area (Å²) in [6.07, 6.45) is 1.82. The van der Waals surface area contributed by atoms with Crippen molar-refractivity contribution in [2.24, 2.45) is 5.10 Å². The molecule has 0 amide bonds. The number of rotatable bonds is 3. The Labute approximate surface area is 153 Å². The number of aromatic amines is 1. The third kappa shape index (κ3) is 3.16. The van der Waals surface area contributed by atoms with Crippen LogP contribution in [-0.2, 0) is 0 Å². The standard InChI is InChI=1S/C16H16IN5S/c1-10-8-13(9-18-22-12(3)19-20-16(22)23)11(2)21(10)15-6-4-14(17)5-7-15/h4-9H,1-3H3,(H,20,23). The largest absolute Gasteiger partial charge is 0.318 e. The van der Waals surface area contributed by atoms with Crippen LogP contribution in [0.5, 0.6) is 0 Å². The fourth-order valence-electron chi connectivity index (χ4n) is 2.53. The summed E-state index contributed by atoms with van der Waals surface area (Å²) >= 11 is 7.48. The van der Waals surface area contributed by atoms with Crippen molar-refractivity contribution < 1.29 is 0 Å². The Balaban J connectivity index is 2.01. The maximum Gasteiger partial charge on any atom is 0.216 e. The predicted octanol–water partition coefficient (Wildman–Crippen LogP) is 4.14. The van der Waals surface area contributed by atoms with E-state index in [0.29, 0.717) is 4.77 Å². The summed E-state index contributed by atoms with van der Waals surface area (Å²) < 4.78 is 5.55. The summed E-state index contributed by atoms with van der Waals surface area (Å²) in [6, 6.07) is 10.6. The van der Waals surface area contributed by atoms with Crippen LogP contribution in [0.2, 0.25) is 0 Å². The number of hydrogen-bond donors (Lipinski definition) is 1. The van der Waals surface area contributed by atoms with Gasteiger partial charge < -0.3 is 4.57 Å². The second-order valence-electron chi connectivity index (χ2n) is 5.27. The van der Waals surface area contributed by atoms with Gasteiger partial charge in [-0.2, -0.15) is 14.9 Å². The lowest BCUT2D eigenvalue weighted by molar-refractivity contribution is 0.820. The first-order chi connectivity index (χ1) is 11.0. The molecular weight excluding hydrogens is 421 g/mol. The average molecular weight is 437 g/mol. The first-order valence-electron chi connectivity index (χ1n) is 7.10. The lowest BCUT2D eigenvalue weighted by atomic mass is 10.2. The molecule has 23 heavy (non-hydrogen) atoms. The fraction of sp³-hybridized carbons (Fsp3) is 0.188. The van der Waals surface area contributed by atoms with Crippen molar-refractivity contribution in [3.05, 3.63) is 61.4 Å². The van der Waals surface area contributed by atoms with Gasteiger partial charge in [0.25, 0.3) is 0 Å². The number of nitrogens with one attached hydrogen (secondary N) is 1. The Morgan fingerprint density at radius 1 is 1.22 bits per heavy atom. The highest BCUT2D eigenvalue weighted by Gasteiger charge is 2.09. The minimum absolute atomic E-state index is 0.491. The molecule has 0 saturated carbocycles. The molecule has 0 atom stereocenters. The summed E-state index contributed by atoms with van der Waals surface area (Å²) in [5, 5.41) is 11.2. The molecule has 2 heterocycles. The molecule has 118 valence electrons. The molecule has 0 saturated heterocycles. The van der Waals surface area contributed by atoms with E-state index in [1.807, 2.05) is 13.1 Å². The van der Waals surface area contributed by atoms with Crippen LogP contribution in [0.3, 0.4) is 0 Å². The van der Waals surface area contributed by atoms with Crippen molar-refractivity contribution >= 4 is 41.0 Å². The molecule has 0 spiro atoms. The second-order valence-corrected chi connectivity index (χ2v) is 6.90. The third-order valence-corrected chi connectivity index (χ3v) is 4.66. The van der Waals surface area contributed by atoms with E-state index in [2.05, 4.69) is 86.6 Å². The van der Waals surface area contributed by atoms with Gasteiger partial charge in [0.1, 0.15) is 5.82 Å². The Kier molecular flexibility index (Phi) is 4.49. The quantitative estimate of drug-likeness (QED) is 0.381. The number of benzene rings is 1. The van der Waals surface area contributed by atoms with Gasteiger partial charge in [-0.3, -0.25) is 5.10 Å². The highest BCUT2D eigenvalue weighted by Crippen LogP contribution is 2.20. The summed E-state index contributed by atoms with van der Waals surface area (Å²) in [6.45, 7) is 6.05. The molecule has 0 fully saturated rings. The van der Waals surface area contributed by atoms with Crippen molar-refractivity contribution in [3.8, 4) is 5.69 Å². The van der Waals surface area contributed by atoms with Crippen LogP contribution in [-0.4, -0.2) is 25.7 Å². The summed E-state index contributed by atoms with van der Waals surface area (Å²) in [5.41, 5.74) is 4.51. The maximum atomic E-state index is 5.17. The molecule has 0 bridgehead atoms. The molecule has 0 radical (unpaired) electrons. The molecule has 5 nitrogen and oxygen atoms in total. The van der Waals surface area contributed by atoms with Crippen LogP contribution >= 0.6 is 34.8 Å². The smallest absolute Gasteiger partial charge is 0.216 e. The normalized spacial score (nSPS) is 11.5. The van der Waals surface area contributed by atoms with Gasteiger partial charge in [-0.15, -0.1) is 0 Å². The van der Waals surface area contributed by atoms with E-state index in [-0.39, 0.29) is 0 Å². The number of aromatic nitrogens is 4. The molecule has 0 aliphatic heterocycles. The Morgan fingerprint density at radius 2 is 1.91 bits per heavy atom. The molecule has 0 aliphatic rings. The number of nitrogens with zero attached hydrogens (tertiary/aromatic N) is 4. The average Bonchev–Trinajstić information content (AvgIpc) is 2.98. The SMILES string of the molecule is Cc1cc(C=Nn2c(C)n[nH]c2=S)c(C)n1-c1ccc(I)cc1. The highest BCUT2D eigenvalue weighted by molar-refractivity contribution is 14.1. The summed E-state index contributed by atoms with van der Waals surface area (Å²) in [4.78, 5) is 0. The minimum atomic E-state index is 0.491. The maximum absolute atomic E-state index is 5.17. The van der Waals surface area contributed by atoms with Crippen molar-refractivity contribution in [1.29, 1.82) is 0 Å². The lowest BCUT2D eigenvalue weighted by Gasteiger charge is -2.09. The molecule has 3 rings (SSSR count). The van der Waals surface area contributed by atoms with Gasteiger partial charge in [-0.25, -0.2) is 0 Å². The second kappa shape index (κ2) is 6.40. The summed E-state index contributed by atoms with van der Waals surface area (Å²) in [7, 11) is 0. The molecule has 1 N–H and O–H groups in total. The number of halogens is 1. The molecule has 2 aromatic heterocycles. The topological polar surface area (TPSA) is 50.9 Å². The van der Waals surface area contributed by atoms with E-state index in [1.54, 1.807) is 4.68 Å². The van der Waals surface area contributed by atoms with Crippen LogP contribution in [0.25, 0.3) is 5.69 Å². The monoisotopic (exact) mass is 437 g/mol. The first kappa shape index (κ1) is 16.1. The molecular formula is C16H16IN5S. The van der Waals surface area contributed by atoms with Gasteiger partial charge >= 0.3 is 0 Å².